The summed E-state index contributed by atoms with van der Waals surface area (Å²) in [5.74, 6) is 3.73. The summed E-state index contributed by atoms with van der Waals surface area (Å²) >= 11 is 0. The van der Waals surface area contributed by atoms with Crippen LogP contribution in [0.25, 0.3) is 0 Å². The van der Waals surface area contributed by atoms with Gasteiger partial charge in [0.2, 0.25) is 0 Å². The topological polar surface area (TPSA) is 52.2 Å². The van der Waals surface area contributed by atoms with Crippen molar-refractivity contribution in [3.63, 3.8) is 0 Å². The van der Waals surface area contributed by atoms with Crippen LogP contribution in [0.4, 0.5) is 0 Å². The summed E-state index contributed by atoms with van der Waals surface area (Å²) in [6.45, 7) is 10.7. The molecule has 0 saturated carbocycles. The van der Waals surface area contributed by atoms with Gasteiger partial charge in [0.25, 0.3) is 0 Å². The summed E-state index contributed by atoms with van der Waals surface area (Å²) in [5, 5.41) is 3.82. The summed E-state index contributed by atoms with van der Waals surface area (Å²) in [6, 6.07) is 9.55. The Labute approximate surface area is 221 Å². The van der Waals surface area contributed by atoms with Gasteiger partial charge in [-0.2, -0.15) is 0 Å². The predicted octanol–water partition coefficient (Wildman–Crippen LogP) is 5.96. The van der Waals surface area contributed by atoms with Crippen LogP contribution in [0.15, 0.2) is 35.9 Å². The number of rotatable bonds is 9. The van der Waals surface area contributed by atoms with Crippen molar-refractivity contribution in [2.75, 3.05) is 47.1 Å². The fourth-order valence-corrected chi connectivity index (χ4v) is 6.45. The molecule has 3 unspecified atom stereocenters. The standard InChI is InChI=1S/C31H42N2O4/c1-6-20-9-10-27-25-17-31(37-8-3)30(36-7-2)15-23(25)22(19-33(27)18-20)13-26-24-16-29(35-5)28(34-4)14-21(24)11-12-32-26/h9,14-17,22,26-27,32H,6-8,10-13,18-19H2,1-5H3. The minimum Gasteiger partial charge on any atom is -0.493 e. The number of ether oxygens (including phenoxy) is 4. The van der Waals surface area contributed by atoms with Gasteiger partial charge in [0, 0.05) is 25.2 Å². The number of nitrogens with one attached hydrogen (secondary N) is 1. The summed E-state index contributed by atoms with van der Waals surface area (Å²) in [4.78, 5) is 2.69. The first-order valence-corrected chi connectivity index (χ1v) is 13.9. The van der Waals surface area contributed by atoms with E-state index in [-0.39, 0.29) is 6.04 Å². The molecule has 0 fully saturated rings. The first kappa shape index (κ1) is 25.9. The maximum Gasteiger partial charge on any atom is 0.161 e. The molecule has 5 rings (SSSR count). The maximum atomic E-state index is 6.08. The molecule has 37 heavy (non-hydrogen) atoms. The van der Waals surface area contributed by atoms with E-state index in [1.807, 2.05) is 13.8 Å². The van der Waals surface area contributed by atoms with Crippen molar-refractivity contribution in [3.05, 3.63) is 58.2 Å². The predicted molar refractivity (Wildman–Crippen MR) is 147 cm³/mol. The van der Waals surface area contributed by atoms with Gasteiger partial charge in [-0.1, -0.05) is 18.6 Å². The van der Waals surface area contributed by atoms with Crippen LogP contribution in [-0.2, 0) is 6.42 Å². The monoisotopic (exact) mass is 506 g/mol. The van der Waals surface area contributed by atoms with Gasteiger partial charge < -0.3 is 24.3 Å². The lowest BCUT2D eigenvalue weighted by Crippen LogP contribution is -2.42. The van der Waals surface area contributed by atoms with E-state index in [0.717, 1.165) is 68.3 Å². The second kappa shape index (κ2) is 11.4. The van der Waals surface area contributed by atoms with E-state index >= 15 is 0 Å². The summed E-state index contributed by atoms with van der Waals surface area (Å²) in [6.07, 6.45) is 6.65. The smallest absolute Gasteiger partial charge is 0.161 e. The Kier molecular flexibility index (Phi) is 7.96. The highest BCUT2D eigenvalue weighted by Gasteiger charge is 2.37. The van der Waals surface area contributed by atoms with E-state index < -0.39 is 0 Å². The van der Waals surface area contributed by atoms with E-state index in [1.165, 1.54) is 22.3 Å². The van der Waals surface area contributed by atoms with Crippen molar-refractivity contribution >= 4 is 0 Å². The van der Waals surface area contributed by atoms with Gasteiger partial charge in [0.1, 0.15) is 0 Å². The van der Waals surface area contributed by atoms with Crippen LogP contribution in [0.5, 0.6) is 23.0 Å². The molecule has 0 amide bonds. The highest BCUT2D eigenvalue weighted by Crippen LogP contribution is 2.48. The van der Waals surface area contributed by atoms with Crippen molar-refractivity contribution < 1.29 is 18.9 Å². The zero-order valence-electron chi connectivity index (χ0n) is 23.1. The number of hydrogen-bond acceptors (Lipinski definition) is 6. The largest absolute Gasteiger partial charge is 0.493 e. The van der Waals surface area contributed by atoms with Gasteiger partial charge in [-0.05, 0) is 98.5 Å². The summed E-state index contributed by atoms with van der Waals surface area (Å²) in [7, 11) is 3.43. The molecule has 0 saturated heterocycles. The fourth-order valence-electron chi connectivity index (χ4n) is 6.45. The Morgan fingerprint density at radius 2 is 1.54 bits per heavy atom. The lowest BCUT2D eigenvalue weighted by Gasteiger charge is -2.45. The Balaban J connectivity index is 1.54. The first-order valence-electron chi connectivity index (χ1n) is 13.9. The first-order chi connectivity index (χ1) is 18.1. The minimum absolute atomic E-state index is 0.256. The molecule has 0 bridgehead atoms. The van der Waals surface area contributed by atoms with Crippen molar-refractivity contribution in [1.82, 2.24) is 10.2 Å². The minimum atomic E-state index is 0.256. The van der Waals surface area contributed by atoms with Crippen LogP contribution in [-0.4, -0.2) is 52.0 Å². The number of benzene rings is 2. The van der Waals surface area contributed by atoms with Gasteiger partial charge in [-0.25, -0.2) is 0 Å². The molecule has 0 aromatic heterocycles. The third kappa shape index (κ3) is 5.06. The second-order valence-corrected chi connectivity index (χ2v) is 10.3. The number of hydrogen-bond donors (Lipinski definition) is 1. The molecule has 6 nitrogen and oxygen atoms in total. The highest BCUT2D eigenvalue weighted by molar-refractivity contribution is 5.53. The van der Waals surface area contributed by atoms with Crippen molar-refractivity contribution in [2.24, 2.45) is 0 Å². The van der Waals surface area contributed by atoms with E-state index in [0.29, 0.717) is 25.2 Å². The molecule has 0 spiro atoms. The molecule has 0 aliphatic carbocycles. The number of fused-ring (bicyclic) bond motifs is 4. The van der Waals surface area contributed by atoms with Gasteiger partial charge >= 0.3 is 0 Å². The molecule has 3 aliphatic heterocycles. The number of methoxy groups -OCH3 is 2. The lowest BCUT2D eigenvalue weighted by atomic mass is 9.77. The molecule has 1 N–H and O–H groups in total. The third-order valence-electron chi connectivity index (χ3n) is 8.26. The lowest BCUT2D eigenvalue weighted by molar-refractivity contribution is 0.162. The quantitative estimate of drug-likeness (QED) is 0.424. The zero-order valence-corrected chi connectivity index (χ0v) is 23.1. The van der Waals surface area contributed by atoms with Gasteiger partial charge in [-0.15, -0.1) is 0 Å². The number of nitrogens with zero attached hydrogens (tertiary/aromatic N) is 1. The molecule has 0 radical (unpaired) electrons. The van der Waals surface area contributed by atoms with Gasteiger partial charge in [0.05, 0.1) is 27.4 Å². The molecule has 2 aromatic rings. The molecule has 6 heteroatoms. The molecule has 3 atom stereocenters. The zero-order chi connectivity index (χ0) is 25.9. The van der Waals surface area contributed by atoms with Crippen LogP contribution in [0, 0.1) is 0 Å². The molecular formula is C31H42N2O4. The SMILES string of the molecule is CCOc1cc2c(cc1OCC)C1CC=C(CC)CN1CC2CC1NCCc2cc(OC)c(OC)cc21. The summed E-state index contributed by atoms with van der Waals surface area (Å²) < 4.78 is 23.4. The molecule has 3 heterocycles. The average molecular weight is 507 g/mol. The van der Waals surface area contributed by atoms with E-state index in [1.54, 1.807) is 19.8 Å². The molecule has 200 valence electrons. The van der Waals surface area contributed by atoms with Gasteiger partial charge in [0.15, 0.2) is 23.0 Å². The molecular weight excluding hydrogens is 464 g/mol. The van der Waals surface area contributed by atoms with E-state index in [9.17, 15) is 0 Å². The Morgan fingerprint density at radius 3 is 2.22 bits per heavy atom. The Morgan fingerprint density at radius 1 is 0.865 bits per heavy atom. The fraction of sp³-hybridized carbons (Fsp3) is 0.548. The van der Waals surface area contributed by atoms with Gasteiger partial charge in [-0.3, -0.25) is 4.90 Å². The van der Waals surface area contributed by atoms with E-state index in [2.05, 4.69) is 47.5 Å². The van der Waals surface area contributed by atoms with Crippen LogP contribution in [0.1, 0.15) is 80.3 Å². The van der Waals surface area contributed by atoms with Crippen LogP contribution in [0.3, 0.4) is 0 Å². The van der Waals surface area contributed by atoms with Crippen LogP contribution in [0.2, 0.25) is 0 Å². The maximum absolute atomic E-state index is 6.08. The Bertz CT molecular complexity index is 1140. The van der Waals surface area contributed by atoms with Crippen molar-refractivity contribution in [3.8, 4) is 23.0 Å². The molecule has 2 aromatic carbocycles. The van der Waals surface area contributed by atoms with E-state index in [4.69, 9.17) is 18.9 Å². The third-order valence-corrected chi connectivity index (χ3v) is 8.26. The van der Waals surface area contributed by atoms with Crippen molar-refractivity contribution in [1.29, 1.82) is 0 Å². The second-order valence-electron chi connectivity index (χ2n) is 10.3. The highest BCUT2D eigenvalue weighted by atomic mass is 16.5. The average Bonchev–Trinajstić information content (AvgIpc) is 2.93. The van der Waals surface area contributed by atoms with Crippen LogP contribution < -0.4 is 24.3 Å². The normalized spacial score (nSPS) is 22.8. The molecule has 3 aliphatic rings. The van der Waals surface area contributed by atoms with Crippen molar-refractivity contribution in [2.45, 2.75) is 64.5 Å². The summed E-state index contributed by atoms with van der Waals surface area (Å²) in [5.41, 5.74) is 7.05. The van der Waals surface area contributed by atoms with Crippen LogP contribution >= 0.6 is 0 Å². The Hall–Kier alpha value is -2.70.